The number of nitrogens with one attached hydrogen (secondary N) is 1. The molecule has 0 aliphatic rings. The molecule has 0 radical (unpaired) electrons. The molecule has 19 heavy (non-hydrogen) atoms. The summed E-state index contributed by atoms with van der Waals surface area (Å²) in [5.74, 6) is 0.267. The molecule has 0 saturated heterocycles. The Kier molecular flexibility index (Phi) is 7.10. The molecule has 1 N–H and O–H groups in total. The van der Waals surface area contributed by atoms with Gasteiger partial charge in [0.05, 0.1) is 5.75 Å². The van der Waals surface area contributed by atoms with Gasteiger partial charge >= 0.3 is 0 Å². The first-order valence-corrected chi connectivity index (χ1v) is 9.02. The van der Waals surface area contributed by atoms with Gasteiger partial charge < -0.3 is 5.32 Å². The highest BCUT2D eigenvalue weighted by atomic mass is 32.2. The SMILES string of the molecule is CCCNC(CCc1ccccc1)CCS(C)(=O)=O. The maximum atomic E-state index is 11.3. The molecule has 0 aliphatic carbocycles. The number of rotatable bonds is 9. The van der Waals surface area contributed by atoms with Crippen LogP contribution in [0.25, 0.3) is 0 Å². The van der Waals surface area contributed by atoms with E-state index < -0.39 is 9.84 Å². The highest BCUT2D eigenvalue weighted by Gasteiger charge is 2.11. The van der Waals surface area contributed by atoms with Crippen molar-refractivity contribution in [2.45, 2.75) is 38.6 Å². The van der Waals surface area contributed by atoms with Crippen LogP contribution < -0.4 is 5.32 Å². The predicted molar refractivity (Wildman–Crippen MR) is 81.2 cm³/mol. The highest BCUT2D eigenvalue weighted by Crippen LogP contribution is 2.08. The lowest BCUT2D eigenvalue weighted by Crippen LogP contribution is -2.32. The van der Waals surface area contributed by atoms with E-state index in [1.54, 1.807) is 0 Å². The van der Waals surface area contributed by atoms with Crippen molar-refractivity contribution in [1.82, 2.24) is 5.32 Å². The largest absolute Gasteiger partial charge is 0.314 e. The molecule has 0 bridgehead atoms. The average Bonchev–Trinajstić information content (AvgIpc) is 2.38. The lowest BCUT2D eigenvalue weighted by atomic mass is 10.0. The molecule has 1 atom stereocenters. The van der Waals surface area contributed by atoms with Crippen LogP contribution >= 0.6 is 0 Å². The Morgan fingerprint density at radius 1 is 1.16 bits per heavy atom. The first-order chi connectivity index (χ1) is 9.01. The summed E-state index contributed by atoms with van der Waals surface area (Å²) in [4.78, 5) is 0. The van der Waals surface area contributed by atoms with Crippen molar-refractivity contribution in [3.05, 3.63) is 35.9 Å². The van der Waals surface area contributed by atoms with Gasteiger partial charge in [0.1, 0.15) is 9.84 Å². The molecular formula is C15H25NO2S. The van der Waals surface area contributed by atoms with E-state index in [4.69, 9.17) is 0 Å². The molecule has 0 amide bonds. The maximum Gasteiger partial charge on any atom is 0.147 e. The van der Waals surface area contributed by atoms with Crippen LogP contribution in [0, 0.1) is 0 Å². The minimum Gasteiger partial charge on any atom is -0.314 e. The van der Waals surface area contributed by atoms with Crippen LogP contribution in [0.15, 0.2) is 30.3 Å². The number of hydrogen-bond donors (Lipinski definition) is 1. The summed E-state index contributed by atoms with van der Waals surface area (Å²) in [5, 5.41) is 3.45. The fourth-order valence-electron chi connectivity index (χ4n) is 2.04. The second-order valence-electron chi connectivity index (χ2n) is 5.09. The fraction of sp³-hybridized carbons (Fsp3) is 0.600. The van der Waals surface area contributed by atoms with Crippen molar-refractivity contribution in [3.8, 4) is 0 Å². The minimum atomic E-state index is -2.87. The Labute approximate surface area is 117 Å². The fourth-order valence-corrected chi connectivity index (χ4v) is 2.75. The van der Waals surface area contributed by atoms with Gasteiger partial charge in [-0.05, 0) is 37.8 Å². The third-order valence-electron chi connectivity index (χ3n) is 3.14. The van der Waals surface area contributed by atoms with Crippen LogP contribution in [0.2, 0.25) is 0 Å². The van der Waals surface area contributed by atoms with Crippen molar-refractivity contribution in [3.63, 3.8) is 0 Å². The van der Waals surface area contributed by atoms with Crippen LogP contribution in [0.1, 0.15) is 31.7 Å². The highest BCUT2D eigenvalue weighted by molar-refractivity contribution is 7.90. The number of hydrogen-bond acceptors (Lipinski definition) is 3. The molecule has 4 heteroatoms. The van der Waals surface area contributed by atoms with Gasteiger partial charge in [-0.15, -0.1) is 0 Å². The molecule has 1 unspecified atom stereocenters. The third-order valence-corrected chi connectivity index (χ3v) is 4.12. The van der Waals surface area contributed by atoms with Crippen LogP contribution in [0.4, 0.5) is 0 Å². The number of benzene rings is 1. The second-order valence-corrected chi connectivity index (χ2v) is 7.35. The quantitative estimate of drug-likeness (QED) is 0.757. The van der Waals surface area contributed by atoms with Gasteiger partial charge in [0.15, 0.2) is 0 Å². The van der Waals surface area contributed by atoms with Gasteiger partial charge in [-0.25, -0.2) is 8.42 Å². The van der Waals surface area contributed by atoms with Crippen molar-refractivity contribution < 1.29 is 8.42 Å². The molecule has 0 aromatic heterocycles. The normalized spacial score (nSPS) is 13.4. The maximum absolute atomic E-state index is 11.3. The molecule has 1 aromatic rings. The Bertz CT molecular complexity index is 442. The first-order valence-electron chi connectivity index (χ1n) is 6.96. The molecule has 0 aliphatic heterocycles. The molecule has 1 rings (SSSR count). The number of aryl methyl sites for hydroxylation is 1. The summed E-state index contributed by atoms with van der Waals surface area (Å²) in [6.07, 6.45) is 5.05. The van der Waals surface area contributed by atoms with Crippen molar-refractivity contribution in [2.75, 3.05) is 18.6 Å². The van der Waals surface area contributed by atoms with Crippen LogP contribution in [-0.2, 0) is 16.3 Å². The molecule has 108 valence electrons. The molecular weight excluding hydrogens is 258 g/mol. The van der Waals surface area contributed by atoms with E-state index in [2.05, 4.69) is 24.4 Å². The van der Waals surface area contributed by atoms with Gasteiger partial charge in [0.2, 0.25) is 0 Å². The summed E-state index contributed by atoms with van der Waals surface area (Å²) >= 11 is 0. The Morgan fingerprint density at radius 2 is 1.84 bits per heavy atom. The third kappa shape index (κ3) is 8.01. The predicted octanol–water partition coefficient (Wildman–Crippen LogP) is 2.42. The molecule has 0 saturated carbocycles. The van der Waals surface area contributed by atoms with Gasteiger partial charge in [0, 0.05) is 12.3 Å². The molecule has 3 nitrogen and oxygen atoms in total. The summed E-state index contributed by atoms with van der Waals surface area (Å²) in [5.41, 5.74) is 1.31. The van der Waals surface area contributed by atoms with E-state index in [0.717, 1.165) is 25.8 Å². The molecule has 1 aromatic carbocycles. The molecule has 0 fully saturated rings. The van der Waals surface area contributed by atoms with Crippen molar-refractivity contribution in [2.24, 2.45) is 0 Å². The molecule has 0 heterocycles. The summed E-state index contributed by atoms with van der Waals surface area (Å²) in [6.45, 7) is 3.07. The van der Waals surface area contributed by atoms with E-state index in [0.29, 0.717) is 6.42 Å². The van der Waals surface area contributed by atoms with E-state index in [9.17, 15) is 8.42 Å². The standard InChI is InChI=1S/C15H25NO2S/c1-3-12-16-15(11-13-19(2,17)18)10-9-14-7-5-4-6-8-14/h4-8,15-16H,3,9-13H2,1-2H3. The van der Waals surface area contributed by atoms with E-state index in [1.165, 1.54) is 11.8 Å². The number of sulfone groups is 1. The van der Waals surface area contributed by atoms with E-state index >= 15 is 0 Å². The van der Waals surface area contributed by atoms with Crippen molar-refractivity contribution >= 4 is 9.84 Å². The zero-order valence-corrected chi connectivity index (χ0v) is 12.7. The second kappa shape index (κ2) is 8.33. The van der Waals surface area contributed by atoms with Gasteiger partial charge in [-0.1, -0.05) is 37.3 Å². The zero-order chi connectivity index (χ0) is 14.1. The van der Waals surface area contributed by atoms with Crippen LogP contribution in [0.5, 0.6) is 0 Å². The summed E-state index contributed by atoms with van der Waals surface area (Å²) < 4.78 is 22.5. The Hall–Kier alpha value is -0.870. The Balaban J connectivity index is 2.44. The van der Waals surface area contributed by atoms with Gasteiger partial charge in [0.25, 0.3) is 0 Å². The molecule has 0 spiro atoms. The van der Waals surface area contributed by atoms with Crippen molar-refractivity contribution in [1.29, 1.82) is 0 Å². The summed E-state index contributed by atoms with van der Waals surface area (Å²) in [7, 11) is -2.87. The monoisotopic (exact) mass is 283 g/mol. The topological polar surface area (TPSA) is 46.2 Å². The smallest absolute Gasteiger partial charge is 0.147 e. The van der Waals surface area contributed by atoms with E-state index in [1.807, 2.05) is 18.2 Å². The minimum absolute atomic E-state index is 0.267. The van der Waals surface area contributed by atoms with Crippen LogP contribution in [0.3, 0.4) is 0 Å². The average molecular weight is 283 g/mol. The lowest BCUT2D eigenvalue weighted by Gasteiger charge is -2.18. The van der Waals surface area contributed by atoms with Gasteiger partial charge in [-0.2, -0.15) is 0 Å². The first kappa shape index (κ1) is 16.2. The van der Waals surface area contributed by atoms with Gasteiger partial charge in [-0.3, -0.25) is 0 Å². The van der Waals surface area contributed by atoms with Crippen LogP contribution in [-0.4, -0.2) is 33.0 Å². The summed E-state index contributed by atoms with van der Waals surface area (Å²) in [6, 6.07) is 10.6. The Morgan fingerprint density at radius 3 is 2.42 bits per heavy atom. The lowest BCUT2D eigenvalue weighted by molar-refractivity contribution is 0.466. The van der Waals surface area contributed by atoms with E-state index in [-0.39, 0.29) is 11.8 Å². The zero-order valence-electron chi connectivity index (χ0n) is 11.9.